The lowest BCUT2D eigenvalue weighted by molar-refractivity contribution is 0.102. The van der Waals surface area contributed by atoms with E-state index in [0.29, 0.717) is 40.7 Å². The molecule has 0 spiro atoms. The number of nitrogens with zero attached hydrogens (tertiary/aromatic N) is 1. The quantitative estimate of drug-likeness (QED) is 0.663. The number of carbonyl (C=O) groups is 1. The second kappa shape index (κ2) is 6.98. The van der Waals surface area contributed by atoms with Gasteiger partial charge in [-0.05, 0) is 24.6 Å². The summed E-state index contributed by atoms with van der Waals surface area (Å²) in [5, 5.41) is 12.7. The maximum absolute atomic E-state index is 13.4. The van der Waals surface area contributed by atoms with Gasteiger partial charge in [0.15, 0.2) is 11.6 Å². The Morgan fingerprint density at radius 2 is 2.08 bits per heavy atom. The van der Waals surface area contributed by atoms with E-state index in [1.165, 1.54) is 12.4 Å². The fourth-order valence-corrected chi connectivity index (χ4v) is 2.48. The SMILES string of the molecule is CCC(O)Cc1ccc(C(=O)Nc2c[nH]c3cc(F)c(F)cc23)cn1. The van der Waals surface area contributed by atoms with Gasteiger partial charge in [-0.1, -0.05) is 6.92 Å². The fraction of sp³-hybridized carbons (Fsp3) is 0.222. The summed E-state index contributed by atoms with van der Waals surface area (Å²) in [6.07, 6.45) is 3.48. The van der Waals surface area contributed by atoms with Crippen LogP contribution >= 0.6 is 0 Å². The number of amides is 1. The number of fused-ring (bicyclic) bond motifs is 1. The van der Waals surface area contributed by atoms with Gasteiger partial charge in [-0.25, -0.2) is 8.78 Å². The lowest BCUT2D eigenvalue weighted by Crippen LogP contribution is -2.13. The zero-order chi connectivity index (χ0) is 18.0. The summed E-state index contributed by atoms with van der Waals surface area (Å²) in [5.41, 5.74) is 1.75. The number of halogens is 2. The van der Waals surface area contributed by atoms with Crippen molar-refractivity contribution < 1.29 is 18.7 Å². The molecule has 0 aliphatic carbocycles. The molecule has 2 aromatic heterocycles. The number of aliphatic hydroxyl groups excluding tert-OH is 1. The predicted molar refractivity (Wildman–Crippen MR) is 90.4 cm³/mol. The standard InChI is InChI=1S/C18H17F2N3O2/c1-2-12(24)5-11-4-3-10(8-21-11)18(25)23-17-9-22-16-7-15(20)14(19)6-13(16)17/h3-4,6-9,12,22,24H,2,5H2,1H3,(H,23,25). The summed E-state index contributed by atoms with van der Waals surface area (Å²) < 4.78 is 26.6. The second-order valence-corrected chi connectivity index (χ2v) is 5.77. The van der Waals surface area contributed by atoms with Gasteiger partial charge < -0.3 is 15.4 Å². The third-order valence-electron chi connectivity index (χ3n) is 3.97. The molecule has 25 heavy (non-hydrogen) atoms. The minimum absolute atomic E-state index is 0.326. The number of aromatic amines is 1. The zero-order valence-electron chi connectivity index (χ0n) is 13.5. The number of aliphatic hydroxyl groups is 1. The van der Waals surface area contributed by atoms with E-state index in [0.717, 1.165) is 12.1 Å². The molecule has 3 N–H and O–H groups in total. The molecule has 0 saturated heterocycles. The number of anilines is 1. The Hall–Kier alpha value is -2.80. The van der Waals surface area contributed by atoms with Crippen molar-refractivity contribution in [3.05, 3.63) is 59.6 Å². The first-order chi connectivity index (χ1) is 12.0. The topological polar surface area (TPSA) is 78.0 Å². The van der Waals surface area contributed by atoms with E-state index in [1.807, 2.05) is 6.92 Å². The van der Waals surface area contributed by atoms with Crippen LogP contribution in [0.1, 0.15) is 29.4 Å². The molecule has 130 valence electrons. The van der Waals surface area contributed by atoms with Crippen LogP contribution in [-0.2, 0) is 6.42 Å². The van der Waals surface area contributed by atoms with Gasteiger partial charge in [0, 0.05) is 36.0 Å². The summed E-state index contributed by atoms with van der Waals surface area (Å²) in [6.45, 7) is 1.88. The van der Waals surface area contributed by atoms with Crippen molar-refractivity contribution in [1.29, 1.82) is 0 Å². The van der Waals surface area contributed by atoms with Crippen molar-refractivity contribution >= 4 is 22.5 Å². The second-order valence-electron chi connectivity index (χ2n) is 5.77. The molecule has 0 saturated carbocycles. The average Bonchev–Trinajstić information content (AvgIpc) is 2.97. The Morgan fingerprint density at radius 1 is 1.32 bits per heavy atom. The van der Waals surface area contributed by atoms with Crippen LogP contribution in [0.4, 0.5) is 14.5 Å². The number of H-pyrrole nitrogens is 1. The number of aromatic nitrogens is 2. The Kier molecular flexibility index (Phi) is 4.76. The van der Waals surface area contributed by atoms with Crippen molar-refractivity contribution in [2.75, 3.05) is 5.32 Å². The van der Waals surface area contributed by atoms with Crippen molar-refractivity contribution in [3.63, 3.8) is 0 Å². The van der Waals surface area contributed by atoms with Crippen LogP contribution in [0.3, 0.4) is 0 Å². The molecule has 2 heterocycles. The Labute approximate surface area is 142 Å². The molecule has 5 nitrogen and oxygen atoms in total. The molecular weight excluding hydrogens is 328 g/mol. The van der Waals surface area contributed by atoms with Crippen LogP contribution in [0.15, 0.2) is 36.7 Å². The van der Waals surface area contributed by atoms with E-state index >= 15 is 0 Å². The first-order valence-electron chi connectivity index (χ1n) is 7.88. The number of nitrogens with one attached hydrogen (secondary N) is 2. The number of hydrogen-bond donors (Lipinski definition) is 3. The van der Waals surface area contributed by atoms with Crippen molar-refractivity contribution in [3.8, 4) is 0 Å². The molecule has 3 aromatic rings. The van der Waals surface area contributed by atoms with Gasteiger partial charge in [0.1, 0.15) is 0 Å². The average molecular weight is 345 g/mol. The maximum Gasteiger partial charge on any atom is 0.257 e. The lowest BCUT2D eigenvalue weighted by atomic mass is 10.1. The number of pyridine rings is 1. The van der Waals surface area contributed by atoms with E-state index in [9.17, 15) is 18.7 Å². The minimum Gasteiger partial charge on any atom is -0.393 e. The van der Waals surface area contributed by atoms with Gasteiger partial charge in [0.2, 0.25) is 0 Å². The van der Waals surface area contributed by atoms with Crippen LogP contribution in [0.25, 0.3) is 10.9 Å². The van der Waals surface area contributed by atoms with Crippen molar-refractivity contribution in [2.45, 2.75) is 25.9 Å². The number of carbonyl (C=O) groups excluding carboxylic acids is 1. The van der Waals surface area contributed by atoms with Gasteiger partial charge >= 0.3 is 0 Å². The van der Waals surface area contributed by atoms with Crippen LogP contribution in [0.2, 0.25) is 0 Å². The number of hydrogen-bond acceptors (Lipinski definition) is 3. The summed E-state index contributed by atoms with van der Waals surface area (Å²) in [6, 6.07) is 5.35. The molecule has 1 atom stereocenters. The van der Waals surface area contributed by atoms with Crippen LogP contribution in [0.5, 0.6) is 0 Å². The van der Waals surface area contributed by atoms with E-state index < -0.39 is 23.6 Å². The Balaban J connectivity index is 1.77. The van der Waals surface area contributed by atoms with Gasteiger partial charge in [-0.2, -0.15) is 0 Å². The van der Waals surface area contributed by atoms with E-state index in [-0.39, 0.29) is 0 Å². The molecule has 1 unspecified atom stereocenters. The largest absolute Gasteiger partial charge is 0.393 e. The fourth-order valence-electron chi connectivity index (χ4n) is 2.48. The highest BCUT2D eigenvalue weighted by atomic mass is 19.2. The normalized spacial score (nSPS) is 12.3. The molecule has 7 heteroatoms. The highest BCUT2D eigenvalue weighted by molar-refractivity contribution is 6.08. The summed E-state index contributed by atoms with van der Waals surface area (Å²) in [5.74, 6) is -2.36. The Bertz CT molecular complexity index is 907. The van der Waals surface area contributed by atoms with Gasteiger partial charge in [0.25, 0.3) is 5.91 Å². The van der Waals surface area contributed by atoms with Crippen LogP contribution in [-0.4, -0.2) is 27.1 Å². The third-order valence-corrected chi connectivity index (χ3v) is 3.97. The smallest absolute Gasteiger partial charge is 0.257 e. The molecule has 0 aliphatic heterocycles. The summed E-state index contributed by atoms with van der Waals surface area (Å²) >= 11 is 0. The van der Waals surface area contributed by atoms with E-state index in [4.69, 9.17) is 0 Å². The molecule has 0 bridgehead atoms. The van der Waals surface area contributed by atoms with Crippen molar-refractivity contribution in [2.24, 2.45) is 0 Å². The third kappa shape index (κ3) is 3.66. The zero-order valence-corrected chi connectivity index (χ0v) is 13.5. The van der Waals surface area contributed by atoms with Crippen LogP contribution < -0.4 is 5.32 Å². The first-order valence-corrected chi connectivity index (χ1v) is 7.88. The molecule has 1 aromatic carbocycles. The molecule has 0 radical (unpaired) electrons. The predicted octanol–water partition coefficient (Wildman–Crippen LogP) is 3.41. The highest BCUT2D eigenvalue weighted by Gasteiger charge is 2.13. The van der Waals surface area contributed by atoms with Gasteiger partial charge in [0.05, 0.1) is 22.9 Å². The molecule has 1 amide bonds. The first kappa shape index (κ1) is 17.0. The summed E-state index contributed by atoms with van der Waals surface area (Å²) in [4.78, 5) is 19.3. The maximum atomic E-state index is 13.4. The van der Waals surface area contributed by atoms with Crippen molar-refractivity contribution in [1.82, 2.24) is 9.97 Å². The number of benzene rings is 1. The molecule has 0 aliphatic rings. The van der Waals surface area contributed by atoms with Gasteiger partial charge in [-0.3, -0.25) is 9.78 Å². The molecule has 3 rings (SSSR count). The van der Waals surface area contributed by atoms with Crippen LogP contribution in [0, 0.1) is 11.6 Å². The highest BCUT2D eigenvalue weighted by Crippen LogP contribution is 2.26. The Morgan fingerprint density at radius 3 is 2.76 bits per heavy atom. The summed E-state index contributed by atoms with van der Waals surface area (Å²) in [7, 11) is 0. The monoisotopic (exact) mass is 345 g/mol. The lowest BCUT2D eigenvalue weighted by Gasteiger charge is -2.08. The molecule has 0 fully saturated rings. The number of rotatable bonds is 5. The molecular formula is C18H17F2N3O2. The van der Waals surface area contributed by atoms with Gasteiger partial charge in [-0.15, -0.1) is 0 Å². The van der Waals surface area contributed by atoms with E-state index in [2.05, 4.69) is 15.3 Å². The minimum atomic E-state index is -0.983. The van der Waals surface area contributed by atoms with E-state index in [1.54, 1.807) is 12.1 Å².